The molecule has 0 aliphatic heterocycles. The third kappa shape index (κ3) is 2.34. The molecular weight excluding hydrogens is 252 g/mol. The average Bonchev–Trinajstić information content (AvgIpc) is 3.18. The van der Waals surface area contributed by atoms with Crippen LogP contribution < -0.4 is 0 Å². The minimum atomic E-state index is 0.966. The van der Waals surface area contributed by atoms with Crippen LogP contribution in [0.3, 0.4) is 0 Å². The Morgan fingerprint density at radius 1 is 1.05 bits per heavy atom. The van der Waals surface area contributed by atoms with E-state index in [0.29, 0.717) is 0 Å². The van der Waals surface area contributed by atoms with Crippen LogP contribution in [0.15, 0.2) is 23.3 Å². The van der Waals surface area contributed by atoms with Crippen LogP contribution in [0.25, 0.3) is 0 Å². The maximum absolute atomic E-state index is 2.55. The molecule has 116 valence electrons. The molecule has 0 amide bonds. The first-order valence-corrected chi connectivity index (χ1v) is 9.79. The molecule has 0 aromatic carbocycles. The fraction of sp³-hybridized carbons (Fsp3) is 0.810. The summed E-state index contributed by atoms with van der Waals surface area (Å²) in [5.74, 6) is 5.09. The summed E-state index contributed by atoms with van der Waals surface area (Å²) in [6, 6.07) is 0. The largest absolute Gasteiger partial charge is 0.0802 e. The average molecular weight is 284 g/mol. The van der Waals surface area contributed by atoms with Crippen LogP contribution in [0.1, 0.15) is 77.6 Å². The zero-order chi connectivity index (χ0) is 14.2. The van der Waals surface area contributed by atoms with E-state index in [1.807, 2.05) is 11.1 Å². The van der Waals surface area contributed by atoms with E-state index in [0.717, 1.165) is 29.6 Å². The Bertz CT molecular complexity index is 435. The van der Waals surface area contributed by atoms with Gasteiger partial charge in [0.1, 0.15) is 0 Å². The zero-order valence-electron chi connectivity index (χ0n) is 13.8. The minimum Gasteiger partial charge on any atom is -0.0802 e. The molecule has 4 unspecified atom stereocenters. The number of fused-ring (bicyclic) bond motifs is 2. The summed E-state index contributed by atoms with van der Waals surface area (Å²) in [6.07, 6.45) is 21.3. The first-order chi connectivity index (χ1) is 10.4. The molecule has 0 heterocycles. The minimum absolute atomic E-state index is 0.966. The van der Waals surface area contributed by atoms with Crippen molar-refractivity contribution in [2.45, 2.75) is 77.6 Å². The summed E-state index contributed by atoms with van der Waals surface area (Å²) in [5, 5.41) is 0. The third-order valence-corrected chi connectivity index (χ3v) is 7.17. The van der Waals surface area contributed by atoms with E-state index in [9.17, 15) is 0 Å². The number of rotatable bonds is 4. The molecule has 2 saturated carbocycles. The van der Waals surface area contributed by atoms with Crippen molar-refractivity contribution in [2.24, 2.45) is 29.6 Å². The Morgan fingerprint density at radius 3 is 2.71 bits per heavy atom. The van der Waals surface area contributed by atoms with Crippen molar-refractivity contribution in [3.63, 3.8) is 0 Å². The van der Waals surface area contributed by atoms with Gasteiger partial charge >= 0.3 is 0 Å². The van der Waals surface area contributed by atoms with Gasteiger partial charge in [-0.05, 0) is 67.3 Å². The van der Waals surface area contributed by atoms with Gasteiger partial charge in [-0.1, -0.05) is 63.2 Å². The molecule has 0 bridgehead atoms. The lowest BCUT2D eigenvalue weighted by Gasteiger charge is -2.36. The number of hydrogen-bond donors (Lipinski definition) is 0. The summed E-state index contributed by atoms with van der Waals surface area (Å²) in [4.78, 5) is 0. The van der Waals surface area contributed by atoms with E-state index in [-0.39, 0.29) is 0 Å². The van der Waals surface area contributed by atoms with Gasteiger partial charge in [-0.15, -0.1) is 0 Å². The summed E-state index contributed by atoms with van der Waals surface area (Å²) in [7, 11) is 0. The molecule has 4 aliphatic carbocycles. The summed E-state index contributed by atoms with van der Waals surface area (Å²) in [5.41, 5.74) is 3.74. The van der Waals surface area contributed by atoms with E-state index in [1.54, 1.807) is 0 Å². The smallest absolute Gasteiger partial charge is 0.00972 e. The quantitative estimate of drug-likeness (QED) is 0.569. The predicted octanol–water partition coefficient (Wildman–Crippen LogP) is 6.29. The fourth-order valence-corrected chi connectivity index (χ4v) is 6.36. The van der Waals surface area contributed by atoms with Crippen LogP contribution in [-0.2, 0) is 0 Å². The lowest BCUT2D eigenvalue weighted by Crippen LogP contribution is -2.28. The molecule has 0 spiro atoms. The van der Waals surface area contributed by atoms with Gasteiger partial charge in [0.25, 0.3) is 0 Å². The lowest BCUT2D eigenvalue weighted by molar-refractivity contribution is 0.168. The second-order valence-corrected chi connectivity index (χ2v) is 8.17. The van der Waals surface area contributed by atoms with Crippen LogP contribution >= 0.6 is 0 Å². The second kappa shape index (κ2) is 5.94. The van der Waals surface area contributed by atoms with Crippen molar-refractivity contribution >= 4 is 0 Å². The molecule has 0 heteroatoms. The zero-order valence-corrected chi connectivity index (χ0v) is 13.8. The molecular formula is C21H32. The molecule has 4 aliphatic rings. The highest BCUT2D eigenvalue weighted by Gasteiger charge is 2.51. The Kier molecular flexibility index (Phi) is 3.98. The Hall–Kier alpha value is -0.520. The molecule has 0 aromatic rings. The van der Waals surface area contributed by atoms with Crippen molar-refractivity contribution in [3.05, 3.63) is 23.3 Å². The Balaban J connectivity index is 1.59. The van der Waals surface area contributed by atoms with Gasteiger partial charge in [0.15, 0.2) is 0 Å². The molecule has 0 aromatic heterocycles. The molecule has 2 fully saturated rings. The molecule has 0 radical (unpaired) electrons. The first-order valence-electron chi connectivity index (χ1n) is 9.79. The van der Waals surface area contributed by atoms with Crippen LogP contribution in [-0.4, -0.2) is 0 Å². The standard InChI is InChI=1S/C21H32/c1-2-3-8-16-13-14-19-17-11-7-12-18(17)20(21(16)19)15-9-5-4-6-10-15/h7,12,15-16,19-21H,2-6,8-11,13-14H2,1H3. The SMILES string of the molecule is CCCCC1CCC2C3=C(C=CC3)C(C3CCCCC3)C12. The number of allylic oxidation sites excluding steroid dienone is 4. The topological polar surface area (TPSA) is 0 Å². The van der Waals surface area contributed by atoms with E-state index < -0.39 is 0 Å². The van der Waals surface area contributed by atoms with Crippen LogP contribution in [0.5, 0.6) is 0 Å². The van der Waals surface area contributed by atoms with Crippen LogP contribution in [0.2, 0.25) is 0 Å². The van der Waals surface area contributed by atoms with Gasteiger partial charge in [-0.2, -0.15) is 0 Å². The molecule has 4 atom stereocenters. The van der Waals surface area contributed by atoms with Crippen molar-refractivity contribution in [1.82, 2.24) is 0 Å². The normalized spacial score (nSPS) is 39.1. The first kappa shape index (κ1) is 14.1. The molecule has 4 rings (SSSR count). The summed E-state index contributed by atoms with van der Waals surface area (Å²) in [6.45, 7) is 2.36. The molecule has 0 N–H and O–H groups in total. The summed E-state index contributed by atoms with van der Waals surface area (Å²) >= 11 is 0. The van der Waals surface area contributed by atoms with Crippen molar-refractivity contribution in [3.8, 4) is 0 Å². The number of unbranched alkanes of at least 4 members (excludes halogenated alkanes) is 1. The maximum Gasteiger partial charge on any atom is -0.00972 e. The van der Waals surface area contributed by atoms with Crippen LogP contribution in [0.4, 0.5) is 0 Å². The number of hydrogen-bond acceptors (Lipinski definition) is 0. The molecule has 0 saturated heterocycles. The summed E-state index contributed by atoms with van der Waals surface area (Å²) < 4.78 is 0. The van der Waals surface area contributed by atoms with Crippen molar-refractivity contribution in [2.75, 3.05) is 0 Å². The van der Waals surface area contributed by atoms with Crippen molar-refractivity contribution in [1.29, 1.82) is 0 Å². The van der Waals surface area contributed by atoms with Crippen molar-refractivity contribution < 1.29 is 0 Å². The highest BCUT2D eigenvalue weighted by molar-refractivity contribution is 5.44. The van der Waals surface area contributed by atoms with Gasteiger partial charge in [0.05, 0.1) is 0 Å². The predicted molar refractivity (Wildman–Crippen MR) is 90.1 cm³/mol. The van der Waals surface area contributed by atoms with Gasteiger partial charge in [0.2, 0.25) is 0 Å². The van der Waals surface area contributed by atoms with E-state index in [2.05, 4.69) is 19.1 Å². The molecule has 21 heavy (non-hydrogen) atoms. The fourth-order valence-electron chi connectivity index (χ4n) is 6.36. The van der Waals surface area contributed by atoms with E-state index in [4.69, 9.17) is 0 Å². The monoisotopic (exact) mass is 284 g/mol. The van der Waals surface area contributed by atoms with Gasteiger partial charge in [-0.25, -0.2) is 0 Å². The molecule has 0 nitrogen and oxygen atoms in total. The highest BCUT2D eigenvalue weighted by Crippen LogP contribution is 2.60. The van der Waals surface area contributed by atoms with Gasteiger partial charge < -0.3 is 0 Å². The van der Waals surface area contributed by atoms with E-state index in [1.165, 1.54) is 70.6 Å². The Labute approximate surface area is 131 Å². The van der Waals surface area contributed by atoms with Gasteiger partial charge in [-0.3, -0.25) is 0 Å². The van der Waals surface area contributed by atoms with Crippen LogP contribution in [0, 0.1) is 29.6 Å². The highest BCUT2D eigenvalue weighted by atomic mass is 14.6. The van der Waals surface area contributed by atoms with Gasteiger partial charge in [0, 0.05) is 0 Å². The third-order valence-electron chi connectivity index (χ3n) is 7.17. The maximum atomic E-state index is 2.55. The Morgan fingerprint density at radius 2 is 1.90 bits per heavy atom. The second-order valence-electron chi connectivity index (χ2n) is 8.17. The van der Waals surface area contributed by atoms with E-state index >= 15 is 0 Å². The lowest BCUT2D eigenvalue weighted by atomic mass is 9.69.